The number of carboxylic acid groups (broad SMARTS) is 1. The lowest BCUT2D eigenvalue weighted by Gasteiger charge is -2.21. The molecule has 4 nitrogen and oxygen atoms in total. The Hall–Kier alpha value is -1.42. The van der Waals surface area contributed by atoms with Crippen molar-refractivity contribution in [2.45, 2.75) is 32.4 Å². The number of aryl methyl sites for hydroxylation is 1. The molecule has 1 aromatic heterocycles. The summed E-state index contributed by atoms with van der Waals surface area (Å²) in [4.78, 5) is 17.1. The number of aliphatic carboxylic acids is 1. The second-order valence-electron chi connectivity index (χ2n) is 4.27. The highest BCUT2D eigenvalue weighted by atomic mass is 16.4. The van der Waals surface area contributed by atoms with E-state index in [1.54, 1.807) is 6.20 Å². The van der Waals surface area contributed by atoms with E-state index in [0.29, 0.717) is 6.54 Å². The van der Waals surface area contributed by atoms with E-state index in [9.17, 15) is 4.79 Å². The highest BCUT2D eigenvalue weighted by Gasteiger charge is 2.30. The maximum Gasteiger partial charge on any atom is 0.320 e. The number of pyridine rings is 1. The quantitative estimate of drug-likeness (QED) is 0.837. The van der Waals surface area contributed by atoms with E-state index >= 15 is 0 Å². The van der Waals surface area contributed by atoms with Crippen LogP contribution in [0.15, 0.2) is 18.5 Å². The monoisotopic (exact) mass is 220 g/mol. The Morgan fingerprint density at radius 2 is 2.50 bits per heavy atom. The molecule has 1 N–H and O–H groups in total. The molecular formula is C12H16N2O2. The number of carbonyl (C=O) groups is 1. The third-order valence-corrected chi connectivity index (χ3v) is 3.17. The van der Waals surface area contributed by atoms with Crippen molar-refractivity contribution in [1.29, 1.82) is 0 Å². The van der Waals surface area contributed by atoms with Crippen LogP contribution < -0.4 is 0 Å². The van der Waals surface area contributed by atoms with Crippen LogP contribution in [0.5, 0.6) is 0 Å². The predicted octanol–water partition coefficient (Wildman–Crippen LogP) is 1.44. The first-order chi connectivity index (χ1) is 7.68. The van der Waals surface area contributed by atoms with Gasteiger partial charge in [0.15, 0.2) is 0 Å². The average molecular weight is 220 g/mol. The minimum atomic E-state index is -0.709. The fourth-order valence-electron chi connectivity index (χ4n) is 2.18. The molecule has 2 heterocycles. The van der Waals surface area contributed by atoms with Gasteiger partial charge in [-0.1, -0.05) is 0 Å². The molecule has 1 aliphatic rings. The summed E-state index contributed by atoms with van der Waals surface area (Å²) < 4.78 is 0. The van der Waals surface area contributed by atoms with Gasteiger partial charge in [-0.05, 0) is 43.5 Å². The molecule has 0 aromatic carbocycles. The van der Waals surface area contributed by atoms with Crippen molar-refractivity contribution in [2.24, 2.45) is 0 Å². The summed E-state index contributed by atoms with van der Waals surface area (Å²) in [6, 6.07) is 1.64. The first-order valence-electron chi connectivity index (χ1n) is 5.55. The van der Waals surface area contributed by atoms with Crippen molar-refractivity contribution in [1.82, 2.24) is 9.88 Å². The number of aromatic nitrogens is 1. The lowest BCUT2D eigenvalue weighted by Crippen LogP contribution is -2.35. The van der Waals surface area contributed by atoms with Crippen LogP contribution in [0.1, 0.15) is 24.0 Å². The molecule has 4 heteroatoms. The van der Waals surface area contributed by atoms with E-state index in [-0.39, 0.29) is 6.04 Å². The fraction of sp³-hybridized carbons (Fsp3) is 0.500. The zero-order valence-electron chi connectivity index (χ0n) is 9.39. The van der Waals surface area contributed by atoms with Gasteiger partial charge in [0.25, 0.3) is 0 Å². The van der Waals surface area contributed by atoms with Gasteiger partial charge in [0.1, 0.15) is 6.04 Å². The molecule has 0 bridgehead atoms. The smallest absolute Gasteiger partial charge is 0.320 e. The van der Waals surface area contributed by atoms with Crippen LogP contribution >= 0.6 is 0 Å². The SMILES string of the molecule is Cc1ccncc1CN1CCCC1C(=O)O. The zero-order valence-corrected chi connectivity index (χ0v) is 9.39. The normalized spacial score (nSPS) is 21.2. The molecule has 1 saturated heterocycles. The van der Waals surface area contributed by atoms with E-state index < -0.39 is 5.97 Å². The number of carboxylic acids is 1. The highest BCUT2D eigenvalue weighted by molar-refractivity contribution is 5.73. The van der Waals surface area contributed by atoms with Crippen LogP contribution in [0.25, 0.3) is 0 Å². The third kappa shape index (κ3) is 2.22. The molecule has 0 amide bonds. The number of hydrogen-bond donors (Lipinski definition) is 1. The van der Waals surface area contributed by atoms with Gasteiger partial charge in [-0.15, -0.1) is 0 Å². The first kappa shape index (κ1) is 11.1. The number of likely N-dealkylation sites (tertiary alicyclic amines) is 1. The summed E-state index contributed by atoms with van der Waals surface area (Å²) in [6.45, 7) is 3.59. The van der Waals surface area contributed by atoms with Gasteiger partial charge >= 0.3 is 5.97 Å². The molecule has 0 spiro atoms. The van der Waals surface area contributed by atoms with Gasteiger partial charge in [0, 0.05) is 18.9 Å². The summed E-state index contributed by atoms with van der Waals surface area (Å²) in [5.41, 5.74) is 2.29. The van der Waals surface area contributed by atoms with E-state index in [4.69, 9.17) is 5.11 Å². The average Bonchev–Trinajstić information content (AvgIpc) is 2.69. The second-order valence-corrected chi connectivity index (χ2v) is 4.27. The van der Waals surface area contributed by atoms with Crippen LogP contribution in [0.4, 0.5) is 0 Å². The van der Waals surface area contributed by atoms with E-state index in [1.165, 1.54) is 5.56 Å². The van der Waals surface area contributed by atoms with Gasteiger partial charge < -0.3 is 5.11 Å². The molecule has 1 aromatic rings. The maximum atomic E-state index is 11.0. The summed E-state index contributed by atoms with van der Waals surface area (Å²) in [5.74, 6) is -0.709. The Kier molecular flexibility index (Phi) is 3.19. The number of hydrogen-bond acceptors (Lipinski definition) is 3. The van der Waals surface area contributed by atoms with Crippen molar-refractivity contribution in [3.05, 3.63) is 29.6 Å². The van der Waals surface area contributed by atoms with E-state index in [0.717, 1.165) is 24.9 Å². The lowest BCUT2D eigenvalue weighted by atomic mass is 10.1. The Labute approximate surface area is 94.9 Å². The number of rotatable bonds is 3. The van der Waals surface area contributed by atoms with Crippen LogP contribution in [0.3, 0.4) is 0 Å². The second kappa shape index (κ2) is 4.61. The van der Waals surface area contributed by atoms with Crippen molar-refractivity contribution >= 4 is 5.97 Å². The predicted molar refractivity (Wildman–Crippen MR) is 60.0 cm³/mol. The molecule has 1 unspecified atom stereocenters. The van der Waals surface area contributed by atoms with Crippen molar-refractivity contribution < 1.29 is 9.90 Å². The van der Waals surface area contributed by atoms with Crippen LogP contribution in [0, 0.1) is 6.92 Å². The molecule has 1 aliphatic heterocycles. The molecule has 86 valence electrons. The summed E-state index contributed by atoms with van der Waals surface area (Å²) in [5, 5.41) is 9.07. The largest absolute Gasteiger partial charge is 0.480 e. The topological polar surface area (TPSA) is 53.4 Å². The van der Waals surface area contributed by atoms with Gasteiger partial charge in [-0.2, -0.15) is 0 Å². The van der Waals surface area contributed by atoms with Crippen LogP contribution in [-0.2, 0) is 11.3 Å². The van der Waals surface area contributed by atoms with Gasteiger partial charge in [0.05, 0.1) is 0 Å². The van der Waals surface area contributed by atoms with E-state index in [1.807, 2.05) is 24.1 Å². The number of nitrogens with zero attached hydrogens (tertiary/aromatic N) is 2. The fourth-order valence-corrected chi connectivity index (χ4v) is 2.18. The molecular weight excluding hydrogens is 204 g/mol. The van der Waals surface area contributed by atoms with Crippen LogP contribution in [0.2, 0.25) is 0 Å². The maximum absolute atomic E-state index is 11.0. The minimum absolute atomic E-state index is 0.320. The molecule has 2 rings (SSSR count). The van der Waals surface area contributed by atoms with Gasteiger partial charge in [-0.25, -0.2) is 0 Å². The zero-order chi connectivity index (χ0) is 11.5. The Bertz CT molecular complexity index is 392. The third-order valence-electron chi connectivity index (χ3n) is 3.17. The summed E-state index contributed by atoms with van der Waals surface area (Å²) >= 11 is 0. The summed E-state index contributed by atoms with van der Waals surface area (Å²) in [6.07, 6.45) is 5.31. The van der Waals surface area contributed by atoms with E-state index in [2.05, 4.69) is 4.98 Å². The molecule has 16 heavy (non-hydrogen) atoms. The molecule has 1 atom stereocenters. The Morgan fingerprint density at radius 1 is 1.69 bits per heavy atom. The molecule has 0 radical (unpaired) electrons. The van der Waals surface area contributed by atoms with Crippen molar-refractivity contribution in [3.63, 3.8) is 0 Å². The summed E-state index contributed by atoms with van der Waals surface area (Å²) in [7, 11) is 0. The molecule has 1 fully saturated rings. The Balaban J connectivity index is 2.10. The van der Waals surface area contributed by atoms with Crippen molar-refractivity contribution in [3.8, 4) is 0 Å². The molecule has 0 saturated carbocycles. The highest BCUT2D eigenvalue weighted by Crippen LogP contribution is 2.20. The van der Waals surface area contributed by atoms with Gasteiger partial charge in [-0.3, -0.25) is 14.7 Å². The van der Waals surface area contributed by atoms with Gasteiger partial charge in [0.2, 0.25) is 0 Å². The molecule has 0 aliphatic carbocycles. The van der Waals surface area contributed by atoms with Crippen molar-refractivity contribution in [2.75, 3.05) is 6.54 Å². The Morgan fingerprint density at radius 3 is 3.19 bits per heavy atom. The lowest BCUT2D eigenvalue weighted by molar-refractivity contribution is -0.142. The minimum Gasteiger partial charge on any atom is -0.480 e. The standard InChI is InChI=1S/C12H16N2O2/c1-9-4-5-13-7-10(9)8-14-6-2-3-11(14)12(15)16/h4-5,7,11H,2-3,6,8H2,1H3,(H,15,16). The first-order valence-corrected chi connectivity index (χ1v) is 5.55. The van der Waals surface area contributed by atoms with Crippen LogP contribution in [-0.4, -0.2) is 33.5 Å².